The van der Waals surface area contributed by atoms with Crippen LogP contribution in [0.3, 0.4) is 0 Å². The van der Waals surface area contributed by atoms with Crippen LogP contribution in [0.4, 0.5) is 0 Å². The van der Waals surface area contributed by atoms with Crippen LogP contribution in [0.25, 0.3) is 17.1 Å². The Labute approximate surface area is 133 Å². The minimum absolute atomic E-state index is 0.441. The highest BCUT2D eigenvalue weighted by Gasteiger charge is 2.21. The van der Waals surface area contributed by atoms with E-state index in [2.05, 4.69) is 4.98 Å². The fraction of sp³-hybridized carbons (Fsp3) is 0.118. The molecule has 22 heavy (non-hydrogen) atoms. The maximum Gasteiger partial charge on any atom is 0.278 e. The summed E-state index contributed by atoms with van der Waals surface area (Å²) >= 11 is 5.97. The molecule has 0 spiro atoms. The van der Waals surface area contributed by atoms with Gasteiger partial charge in [-0.25, -0.2) is 0 Å². The van der Waals surface area contributed by atoms with Crippen molar-refractivity contribution in [2.45, 2.75) is 0 Å². The Morgan fingerprint density at radius 2 is 1.59 bits per heavy atom. The molecule has 1 heterocycles. The Kier molecular flexibility index (Phi) is 4.02. The van der Waals surface area contributed by atoms with Gasteiger partial charge in [-0.2, -0.15) is 4.98 Å². The van der Waals surface area contributed by atoms with Crippen molar-refractivity contribution in [3.05, 3.63) is 59.6 Å². The molecule has 5 heteroatoms. The lowest BCUT2D eigenvalue weighted by Gasteiger charge is -2.11. The summed E-state index contributed by atoms with van der Waals surface area (Å²) in [6, 6.07) is 17.4. The van der Waals surface area contributed by atoms with Crippen LogP contribution in [0.2, 0.25) is 5.02 Å². The first-order valence-electron chi connectivity index (χ1n) is 6.76. The predicted molar refractivity (Wildman–Crippen MR) is 87.1 cm³/mol. The molecule has 3 rings (SSSR count). The molecule has 3 aromatic rings. The molecular weight excluding hydrogens is 300 g/mol. The molecule has 0 fully saturated rings. The maximum absolute atomic E-state index is 5.97. The van der Waals surface area contributed by atoms with Gasteiger partial charge in [-0.3, -0.25) is 4.57 Å². The van der Waals surface area contributed by atoms with Crippen molar-refractivity contribution in [3.8, 4) is 28.8 Å². The SMILES string of the molecule is COc1nc(-c2ccc(Cl)cc2)n(-c2ccccc2)c1OC. The zero-order valence-electron chi connectivity index (χ0n) is 12.3. The molecule has 0 aliphatic heterocycles. The molecule has 2 aromatic carbocycles. The molecule has 0 aliphatic carbocycles. The van der Waals surface area contributed by atoms with Crippen molar-refractivity contribution < 1.29 is 9.47 Å². The van der Waals surface area contributed by atoms with E-state index in [9.17, 15) is 0 Å². The first kappa shape index (κ1) is 14.5. The van der Waals surface area contributed by atoms with Crippen LogP contribution in [-0.2, 0) is 0 Å². The zero-order valence-corrected chi connectivity index (χ0v) is 13.0. The molecule has 0 amide bonds. The highest BCUT2D eigenvalue weighted by atomic mass is 35.5. The summed E-state index contributed by atoms with van der Waals surface area (Å²) < 4.78 is 12.8. The van der Waals surface area contributed by atoms with Gasteiger partial charge in [0.25, 0.3) is 11.8 Å². The molecule has 0 saturated carbocycles. The maximum atomic E-state index is 5.97. The lowest BCUT2D eigenvalue weighted by atomic mass is 10.2. The molecule has 0 atom stereocenters. The number of para-hydroxylation sites is 1. The van der Waals surface area contributed by atoms with Crippen molar-refractivity contribution in [3.63, 3.8) is 0 Å². The lowest BCUT2D eigenvalue weighted by Crippen LogP contribution is -2.00. The summed E-state index contributed by atoms with van der Waals surface area (Å²) in [6.45, 7) is 0. The van der Waals surface area contributed by atoms with Crippen molar-refractivity contribution in [1.29, 1.82) is 0 Å². The van der Waals surface area contributed by atoms with Gasteiger partial charge in [0.05, 0.1) is 19.9 Å². The Morgan fingerprint density at radius 1 is 0.909 bits per heavy atom. The van der Waals surface area contributed by atoms with Gasteiger partial charge in [-0.05, 0) is 36.4 Å². The van der Waals surface area contributed by atoms with Crippen molar-refractivity contribution in [2.24, 2.45) is 0 Å². The number of benzene rings is 2. The normalized spacial score (nSPS) is 10.5. The molecule has 112 valence electrons. The highest BCUT2D eigenvalue weighted by Crippen LogP contribution is 2.36. The first-order chi connectivity index (χ1) is 10.7. The molecule has 0 radical (unpaired) electrons. The Hall–Kier alpha value is -2.46. The van der Waals surface area contributed by atoms with Crippen molar-refractivity contribution in [1.82, 2.24) is 9.55 Å². The third-order valence-corrected chi connectivity index (χ3v) is 3.56. The average Bonchev–Trinajstić information content (AvgIpc) is 2.95. The first-order valence-corrected chi connectivity index (χ1v) is 7.14. The standard InChI is InChI=1S/C17H15ClN2O2/c1-21-16-17(22-2)20(14-6-4-3-5-7-14)15(19-16)12-8-10-13(18)11-9-12/h3-11H,1-2H3. The van der Waals surface area contributed by atoms with Crippen molar-refractivity contribution in [2.75, 3.05) is 14.2 Å². The van der Waals surface area contributed by atoms with E-state index in [1.165, 1.54) is 0 Å². The van der Waals surface area contributed by atoms with E-state index in [1.54, 1.807) is 14.2 Å². The molecule has 4 nitrogen and oxygen atoms in total. The predicted octanol–water partition coefficient (Wildman–Crippen LogP) is 4.21. The zero-order chi connectivity index (χ0) is 15.5. The molecule has 1 aromatic heterocycles. The van der Waals surface area contributed by atoms with E-state index in [-0.39, 0.29) is 0 Å². The number of hydrogen-bond donors (Lipinski definition) is 0. The Bertz CT molecular complexity index is 767. The van der Waals surface area contributed by atoms with E-state index in [0.29, 0.717) is 16.8 Å². The molecular formula is C17H15ClN2O2. The number of halogens is 1. The summed E-state index contributed by atoms with van der Waals surface area (Å²) in [7, 11) is 3.18. The van der Waals surface area contributed by atoms with Gasteiger partial charge in [-0.15, -0.1) is 0 Å². The van der Waals surface area contributed by atoms with E-state index < -0.39 is 0 Å². The van der Waals surface area contributed by atoms with Gasteiger partial charge >= 0.3 is 0 Å². The van der Waals surface area contributed by atoms with Crippen LogP contribution < -0.4 is 9.47 Å². The van der Waals surface area contributed by atoms with Crippen molar-refractivity contribution >= 4 is 11.6 Å². The van der Waals surface area contributed by atoms with Crippen LogP contribution in [0.5, 0.6) is 11.8 Å². The van der Waals surface area contributed by atoms with Gasteiger partial charge < -0.3 is 9.47 Å². The van der Waals surface area contributed by atoms with Gasteiger partial charge in [0.15, 0.2) is 5.82 Å². The Morgan fingerprint density at radius 3 is 2.18 bits per heavy atom. The van der Waals surface area contributed by atoms with Gasteiger partial charge in [0.1, 0.15) is 0 Å². The fourth-order valence-electron chi connectivity index (χ4n) is 2.31. The van der Waals surface area contributed by atoms with E-state index >= 15 is 0 Å². The van der Waals surface area contributed by atoms with Crippen LogP contribution >= 0.6 is 11.6 Å². The van der Waals surface area contributed by atoms with Gasteiger partial charge in [0, 0.05) is 10.6 Å². The third-order valence-electron chi connectivity index (χ3n) is 3.31. The largest absolute Gasteiger partial charge is 0.478 e. The second-order valence-corrected chi connectivity index (χ2v) is 5.07. The number of ether oxygens (including phenoxy) is 2. The van der Waals surface area contributed by atoms with Gasteiger partial charge in [0.2, 0.25) is 0 Å². The quantitative estimate of drug-likeness (QED) is 0.723. The topological polar surface area (TPSA) is 36.3 Å². The van der Waals surface area contributed by atoms with E-state index in [0.717, 1.165) is 17.1 Å². The van der Waals surface area contributed by atoms with Gasteiger partial charge in [-0.1, -0.05) is 29.8 Å². The van der Waals surface area contributed by atoms with E-state index in [1.807, 2.05) is 59.2 Å². The summed E-state index contributed by atoms with van der Waals surface area (Å²) in [5.74, 6) is 1.73. The number of aromatic nitrogens is 2. The third kappa shape index (κ3) is 2.53. The summed E-state index contributed by atoms with van der Waals surface area (Å²) in [5.41, 5.74) is 1.87. The minimum Gasteiger partial charge on any atom is -0.478 e. The number of imidazole rings is 1. The lowest BCUT2D eigenvalue weighted by molar-refractivity contribution is 0.335. The number of nitrogens with zero attached hydrogens (tertiary/aromatic N) is 2. The number of hydrogen-bond acceptors (Lipinski definition) is 3. The second kappa shape index (κ2) is 6.12. The molecule has 0 aliphatic rings. The molecule has 0 N–H and O–H groups in total. The summed E-state index contributed by atoms with van der Waals surface area (Å²) in [5, 5.41) is 0.681. The smallest absolute Gasteiger partial charge is 0.278 e. The second-order valence-electron chi connectivity index (χ2n) is 4.63. The van der Waals surface area contributed by atoms with Crippen LogP contribution in [0.15, 0.2) is 54.6 Å². The molecule has 0 bridgehead atoms. The van der Waals surface area contributed by atoms with Crippen LogP contribution in [0.1, 0.15) is 0 Å². The summed E-state index contributed by atoms with van der Waals surface area (Å²) in [6.07, 6.45) is 0. The highest BCUT2D eigenvalue weighted by molar-refractivity contribution is 6.30. The minimum atomic E-state index is 0.441. The van der Waals surface area contributed by atoms with E-state index in [4.69, 9.17) is 21.1 Å². The van der Waals surface area contributed by atoms with Crippen LogP contribution in [-0.4, -0.2) is 23.8 Å². The average molecular weight is 315 g/mol. The number of methoxy groups -OCH3 is 2. The summed E-state index contributed by atoms with van der Waals surface area (Å²) in [4.78, 5) is 4.55. The van der Waals surface area contributed by atoms with Crippen LogP contribution in [0, 0.1) is 0 Å². The molecule has 0 unspecified atom stereocenters. The fourth-order valence-corrected chi connectivity index (χ4v) is 2.43. The molecule has 0 saturated heterocycles. The number of rotatable bonds is 4. The Balaban J connectivity index is 2.25. The monoisotopic (exact) mass is 314 g/mol.